The first-order valence-corrected chi connectivity index (χ1v) is 7.50. The molecule has 0 saturated heterocycles. The van der Waals surface area contributed by atoms with Crippen LogP contribution in [-0.2, 0) is 9.57 Å². The Morgan fingerprint density at radius 2 is 1.81 bits per heavy atom. The first-order chi connectivity index (χ1) is 9.76. The Hall–Kier alpha value is -1.53. The lowest BCUT2D eigenvalue weighted by atomic mass is 9.81. The van der Waals surface area contributed by atoms with Gasteiger partial charge in [0.05, 0.1) is 6.61 Å². The largest absolute Gasteiger partial charge is 0.444 e. The normalized spacial score (nSPS) is 22.4. The molecule has 0 atom stereocenters. The standard InChI is InChI=1S/C14H26N2O5/c1-14(2,3)21-13(17)15-9-8-11-4-6-12(7-5-11)10-20-16(18)19/h11-12H,4-10H2,1-3H3,(H,15,17). The van der Waals surface area contributed by atoms with Crippen molar-refractivity contribution in [3.63, 3.8) is 0 Å². The van der Waals surface area contributed by atoms with Crippen molar-refractivity contribution in [2.45, 2.75) is 58.5 Å². The smallest absolute Gasteiger partial charge is 0.407 e. The van der Waals surface area contributed by atoms with Gasteiger partial charge in [-0.15, -0.1) is 10.1 Å². The van der Waals surface area contributed by atoms with Gasteiger partial charge in [-0.05, 0) is 51.9 Å². The summed E-state index contributed by atoms with van der Waals surface area (Å²) >= 11 is 0. The van der Waals surface area contributed by atoms with Gasteiger partial charge in [0.25, 0.3) is 5.09 Å². The molecule has 1 amide bonds. The number of amides is 1. The molecule has 1 aliphatic rings. The summed E-state index contributed by atoms with van der Waals surface area (Å²) in [7, 11) is 0. The minimum atomic E-state index is -0.725. The van der Waals surface area contributed by atoms with Crippen molar-refractivity contribution in [3.8, 4) is 0 Å². The summed E-state index contributed by atoms with van der Waals surface area (Å²) in [5.74, 6) is 0.845. The average molecular weight is 302 g/mol. The summed E-state index contributed by atoms with van der Waals surface area (Å²) in [6, 6.07) is 0. The quantitative estimate of drug-likeness (QED) is 0.601. The Labute approximate surface area is 125 Å². The van der Waals surface area contributed by atoms with Crippen molar-refractivity contribution in [3.05, 3.63) is 10.1 Å². The Bertz CT molecular complexity index is 346. The molecule has 0 heterocycles. The summed E-state index contributed by atoms with van der Waals surface area (Å²) in [5, 5.41) is 12.2. The molecule has 1 fully saturated rings. The SMILES string of the molecule is CC(C)(C)OC(=O)NCCC1CCC(CO[N+](=O)[O-])CC1. The van der Waals surface area contributed by atoms with Gasteiger partial charge in [0.1, 0.15) is 5.60 Å². The van der Waals surface area contributed by atoms with Gasteiger partial charge in [-0.1, -0.05) is 12.8 Å². The van der Waals surface area contributed by atoms with Gasteiger partial charge in [-0.2, -0.15) is 0 Å². The van der Waals surface area contributed by atoms with E-state index in [1.165, 1.54) is 0 Å². The van der Waals surface area contributed by atoms with Crippen LogP contribution in [0.1, 0.15) is 52.9 Å². The summed E-state index contributed by atoms with van der Waals surface area (Å²) in [6.07, 6.45) is 4.50. The fraction of sp³-hybridized carbons (Fsp3) is 0.929. The van der Waals surface area contributed by atoms with Crippen molar-refractivity contribution < 1.29 is 19.5 Å². The van der Waals surface area contributed by atoms with Crippen LogP contribution in [0.2, 0.25) is 0 Å². The molecule has 7 heteroatoms. The fourth-order valence-electron chi connectivity index (χ4n) is 2.55. The van der Waals surface area contributed by atoms with E-state index in [1.54, 1.807) is 0 Å². The molecule has 7 nitrogen and oxygen atoms in total. The zero-order valence-corrected chi connectivity index (χ0v) is 13.1. The lowest BCUT2D eigenvalue weighted by molar-refractivity contribution is -0.759. The molecule has 1 aliphatic carbocycles. The van der Waals surface area contributed by atoms with Crippen molar-refractivity contribution in [2.24, 2.45) is 11.8 Å². The van der Waals surface area contributed by atoms with Gasteiger partial charge in [0, 0.05) is 6.54 Å². The van der Waals surface area contributed by atoms with Crippen LogP contribution in [0.4, 0.5) is 4.79 Å². The maximum absolute atomic E-state index is 11.5. The molecular formula is C14H26N2O5. The van der Waals surface area contributed by atoms with Crippen molar-refractivity contribution >= 4 is 6.09 Å². The number of carbonyl (C=O) groups excluding carboxylic acids is 1. The maximum atomic E-state index is 11.5. The van der Waals surface area contributed by atoms with E-state index in [4.69, 9.17) is 4.74 Å². The minimum absolute atomic E-state index is 0.204. The Morgan fingerprint density at radius 1 is 1.24 bits per heavy atom. The van der Waals surface area contributed by atoms with E-state index in [-0.39, 0.29) is 18.6 Å². The highest BCUT2D eigenvalue weighted by molar-refractivity contribution is 5.67. The molecular weight excluding hydrogens is 276 g/mol. The Morgan fingerprint density at radius 3 is 2.33 bits per heavy atom. The molecule has 1 saturated carbocycles. The van der Waals surface area contributed by atoms with Gasteiger partial charge >= 0.3 is 6.09 Å². The summed E-state index contributed by atoms with van der Waals surface area (Å²) in [5.41, 5.74) is -0.473. The predicted octanol–water partition coefficient (Wildman–Crippen LogP) is 2.92. The van der Waals surface area contributed by atoms with Crippen LogP contribution in [0, 0.1) is 22.0 Å². The van der Waals surface area contributed by atoms with Crippen LogP contribution in [0.3, 0.4) is 0 Å². The second-order valence-corrected chi connectivity index (χ2v) is 6.62. The predicted molar refractivity (Wildman–Crippen MR) is 77.2 cm³/mol. The minimum Gasteiger partial charge on any atom is -0.444 e. The third kappa shape index (κ3) is 8.37. The van der Waals surface area contributed by atoms with Crippen LogP contribution >= 0.6 is 0 Å². The number of hydrogen-bond donors (Lipinski definition) is 1. The van der Waals surface area contributed by atoms with E-state index >= 15 is 0 Å². The maximum Gasteiger partial charge on any atom is 0.407 e. The molecule has 0 bridgehead atoms. The lowest BCUT2D eigenvalue weighted by Gasteiger charge is -2.28. The van der Waals surface area contributed by atoms with Crippen LogP contribution in [0.15, 0.2) is 0 Å². The number of hydrogen-bond acceptors (Lipinski definition) is 5. The van der Waals surface area contributed by atoms with Crippen LogP contribution in [0.5, 0.6) is 0 Å². The highest BCUT2D eigenvalue weighted by Crippen LogP contribution is 2.30. The van der Waals surface area contributed by atoms with Gasteiger partial charge in [-0.25, -0.2) is 4.79 Å². The van der Waals surface area contributed by atoms with Crippen LogP contribution in [-0.4, -0.2) is 29.9 Å². The molecule has 0 spiro atoms. The molecule has 1 rings (SSSR count). The summed E-state index contributed by atoms with van der Waals surface area (Å²) in [6.45, 7) is 6.31. The first kappa shape index (κ1) is 17.5. The Balaban J connectivity index is 2.10. The van der Waals surface area contributed by atoms with Gasteiger partial charge in [0.2, 0.25) is 0 Å². The number of rotatable bonds is 6. The van der Waals surface area contributed by atoms with Crippen molar-refractivity contribution in [1.82, 2.24) is 5.32 Å². The van der Waals surface area contributed by atoms with E-state index in [0.29, 0.717) is 12.5 Å². The number of ether oxygens (including phenoxy) is 1. The van der Waals surface area contributed by atoms with E-state index in [9.17, 15) is 14.9 Å². The first-order valence-electron chi connectivity index (χ1n) is 7.50. The molecule has 0 aliphatic heterocycles. The van der Waals surface area contributed by atoms with Crippen molar-refractivity contribution in [2.75, 3.05) is 13.2 Å². The number of alkyl carbamates (subject to hydrolysis) is 1. The third-order valence-corrected chi connectivity index (χ3v) is 3.60. The number of carbonyl (C=O) groups is 1. The monoisotopic (exact) mass is 302 g/mol. The Kier molecular flexibility index (Phi) is 6.71. The molecule has 0 unspecified atom stereocenters. The zero-order chi connectivity index (χ0) is 15.9. The lowest BCUT2D eigenvalue weighted by Crippen LogP contribution is -2.33. The molecule has 21 heavy (non-hydrogen) atoms. The summed E-state index contributed by atoms with van der Waals surface area (Å²) in [4.78, 5) is 26.1. The summed E-state index contributed by atoms with van der Waals surface area (Å²) < 4.78 is 5.17. The van der Waals surface area contributed by atoms with Gasteiger partial charge in [-0.3, -0.25) is 0 Å². The molecule has 122 valence electrons. The molecule has 0 radical (unpaired) electrons. The highest BCUT2D eigenvalue weighted by atomic mass is 16.9. The van der Waals surface area contributed by atoms with Gasteiger partial charge < -0.3 is 14.9 Å². The van der Waals surface area contributed by atoms with E-state index in [2.05, 4.69) is 10.2 Å². The second kappa shape index (κ2) is 8.05. The van der Waals surface area contributed by atoms with E-state index in [1.807, 2.05) is 20.8 Å². The number of nitrogens with zero attached hydrogens (tertiary/aromatic N) is 1. The molecule has 1 N–H and O–H groups in total. The second-order valence-electron chi connectivity index (χ2n) is 6.62. The fourth-order valence-corrected chi connectivity index (χ4v) is 2.55. The molecule has 0 aromatic heterocycles. The van der Waals surface area contributed by atoms with Gasteiger partial charge in [0.15, 0.2) is 0 Å². The molecule has 0 aromatic carbocycles. The van der Waals surface area contributed by atoms with E-state index in [0.717, 1.165) is 32.1 Å². The third-order valence-electron chi connectivity index (χ3n) is 3.60. The van der Waals surface area contributed by atoms with E-state index < -0.39 is 10.7 Å². The van der Waals surface area contributed by atoms with Crippen molar-refractivity contribution in [1.29, 1.82) is 0 Å². The zero-order valence-electron chi connectivity index (χ0n) is 13.1. The number of nitrogens with one attached hydrogen (secondary N) is 1. The van der Waals surface area contributed by atoms with Crippen LogP contribution < -0.4 is 5.32 Å². The molecule has 0 aromatic rings. The van der Waals surface area contributed by atoms with Crippen LogP contribution in [0.25, 0.3) is 0 Å². The average Bonchev–Trinajstić information content (AvgIpc) is 2.35. The topological polar surface area (TPSA) is 90.7 Å². The highest BCUT2D eigenvalue weighted by Gasteiger charge is 2.22.